The van der Waals surface area contributed by atoms with Gasteiger partial charge < -0.3 is 8.37 Å². The van der Waals surface area contributed by atoms with Gasteiger partial charge in [0.15, 0.2) is 0 Å². The fourth-order valence-corrected chi connectivity index (χ4v) is 12.9. The summed E-state index contributed by atoms with van der Waals surface area (Å²) in [5.41, 5.74) is 4.27. The third-order valence-electron chi connectivity index (χ3n) is 15.0. The van der Waals surface area contributed by atoms with Crippen LogP contribution in [-0.4, -0.2) is 61.8 Å². The van der Waals surface area contributed by atoms with E-state index >= 15 is 0 Å². The Hall–Kier alpha value is -4.71. The van der Waals surface area contributed by atoms with Crippen LogP contribution in [0.5, 0.6) is 11.5 Å². The molecule has 9 rings (SSSR count). The molecular weight excluding hydrogens is 835 g/mol. The first kappa shape index (κ1) is 43.9. The molecule has 2 saturated heterocycles. The predicted molar refractivity (Wildman–Crippen MR) is 227 cm³/mol. The van der Waals surface area contributed by atoms with Crippen LogP contribution in [0.15, 0.2) is 60.9 Å². The highest BCUT2D eigenvalue weighted by Crippen LogP contribution is 2.59. The minimum atomic E-state index is -4.07. The molecule has 3 heterocycles. The van der Waals surface area contributed by atoms with E-state index in [4.69, 9.17) is 18.6 Å². The number of carbonyl (C=O) groups is 4. The van der Waals surface area contributed by atoms with Crippen LogP contribution < -0.4 is 18.6 Å². The minimum Gasteiger partial charge on any atom is -0.371 e. The molecule has 8 atom stereocenters. The normalized spacial score (nSPS) is 30.3. The molecule has 332 valence electrons. The van der Waals surface area contributed by atoms with E-state index in [1.54, 1.807) is 36.7 Å². The summed E-state index contributed by atoms with van der Waals surface area (Å²) in [7, 11) is -8.13. The van der Waals surface area contributed by atoms with Crippen LogP contribution in [0.25, 0.3) is 0 Å². The van der Waals surface area contributed by atoms with Crippen LogP contribution in [0, 0.1) is 34.5 Å². The number of aromatic nitrogens is 1. The third-order valence-corrected chi connectivity index (χ3v) is 15.8. The molecule has 2 saturated carbocycles. The van der Waals surface area contributed by atoms with Gasteiger partial charge in [0.05, 0.1) is 17.4 Å². The summed E-state index contributed by atoms with van der Waals surface area (Å²) in [6, 6.07) is 14.3. The maximum atomic E-state index is 13.6. The number of likely N-dealkylation sites (tertiary alicyclic amines) is 2. The van der Waals surface area contributed by atoms with Gasteiger partial charge in [-0.1, -0.05) is 39.0 Å². The Morgan fingerprint density at radius 3 is 1.65 bits per heavy atom. The number of nitrogens with zero attached hydrogens (tertiary/aromatic N) is 3. The number of imide groups is 2. The summed E-state index contributed by atoms with van der Waals surface area (Å²) in [4.78, 5) is 59.6. The molecule has 15 nitrogen and oxygen atoms in total. The molecule has 4 amide bonds. The van der Waals surface area contributed by atoms with Gasteiger partial charge in [0.25, 0.3) is 0 Å². The standard InChI is InChI=1S/C24H27N3O5S.C21H28N2O5S/c1-24-9-8-19-18-7-5-17(32-33(25,30)31)11-16(18)4-6-20(19)21(24)12-22(28)27(23(24)29)14-15-3-2-10-26-13-15;1-3-10-23-19(24)12-18-17-6-4-13-11-14(28-29(22,26)27)5-7-15(13)16(17)8-9-21(18,2)20(23)25/h2-3,5,7,10-11,13,19-21H,4,6,8-9,12,14H2,1H3,(H2,25,30,31);5,7,11,16-18H,3-4,6,8-10,12H2,1-2H3,(H2,22,26,27)/t19?,20?,21?,24-;16?,17?,18?,21-/m00/s1. The van der Waals surface area contributed by atoms with E-state index < -0.39 is 31.4 Å². The van der Waals surface area contributed by atoms with Gasteiger partial charge in [-0.25, -0.2) is 0 Å². The molecule has 62 heavy (non-hydrogen) atoms. The molecular formula is C45H55N5O10S2. The number of hydrogen-bond donors (Lipinski definition) is 2. The quantitative estimate of drug-likeness (QED) is 0.280. The predicted octanol–water partition coefficient (Wildman–Crippen LogP) is 5.19. The molecule has 0 bridgehead atoms. The second-order valence-corrected chi connectivity index (χ2v) is 20.8. The topological polar surface area (TPSA) is 226 Å². The van der Waals surface area contributed by atoms with Crippen molar-refractivity contribution in [1.29, 1.82) is 0 Å². The van der Waals surface area contributed by atoms with Gasteiger partial charge in [-0.05, 0) is 151 Å². The largest absolute Gasteiger partial charge is 0.380 e. The lowest BCUT2D eigenvalue weighted by Crippen LogP contribution is -2.59. The molecule has 6 aliphatic rings. The average Bonchev–Trinajstić information content (AvgIpc) is 3.21. The van der Waals surface area contributed by atoms with Crippen LogP contribution in [0.4, 0.5) is 0 Å². The number of nitrogens with two attached hydrogens (primary N) is 2. The van der Waals surface area contributed by atoms with Crippen molar-refractivity contribution in [1.82, 2.24) is 14.8 Å². The Morgan fingerprint density at radius 1 is 0.710 bits per heavy atom. The molecule has 2 aliphatic heterocycles. The zero-order valence-electron chi connectivity index (χ0n) is 35.3. The summed E-state index contributed by atoms with van der Waals surface area (Å²) in [5.74, 6) is 1.29. The first-order valence-corrected chi connectivity index (χ1v) is 24.5. The van der Waals surface area contributed by atoms with Crippen LogP contribution >= 0.6 is 0 Å². The SMILES string of the molecule is CCCN1C(=O)CC2C3CCc4cc(OS(N)(=O)=O)ccc4C3CC[C@]2(C)C1=O.C[C@]12CCC3c4ccc(OS(N)(=O)=O)cc4CCC3C1CC(=O)N(Cc1cccnc1)C2=O. The highest BCUT2D eigenvalue weighted by atomic mass is 32.2. The van der Waals surface area contributed by atoms with Crippen molar-refractivity contribution >= 4 is 44.2 Å². The number of fused-ring (bicyclic) bond motifs is 10. The van der Waals surface area contributed by atoms with Crippen molar-refractivity contribution < 1.29 is 44.4 Å². The Balaban J connectivity index is 0.000000172. The molecule has 0 radical (unpaired) electrons. The first-order chi connectivity index (χ1) is 29.3. The van der Waals surface area contributed by atoms with Crippen molar-refractivity contribution in [3.05, 3.63) is 88.7 Å². The van der Waals surface area contributed by atoms with E-state index in [2.05, 4.69) is 4.98 Å². The van der Waals surface area contributed by atoms with E-state index in [1.165, 1.54) is 15.4 Å². The van der Waals surface area contributed by atoms with E-state index in [-0.39, 0.29) is 77.2 Å². The number of piperidine rings is 2. The van der Waals surface area contributed by atoms with Crippen molar-refractivity contribution in [2.24, 2.45) is 44.8 Å². The van der Waals surface area contributed by atoms with Gasteiger partial charge in [-0.15, -0.1) is 0 Å². The van der Waals surface area contributed by atoms with Crippen LogP contribution in [0.2, 0.25) is 0 Å². The Labute approximate surface area is 363 Å². The highest BCUT2D eigenvalue weighted by Gasteiger charge is 2.58. The fraction of sp³-hybridized carbons (Fsp3) is 0.533. The molecule has 1 aromatic heterocycles. The van der Waals surface area contributed by atoms with Gasteiger partial charge >= 0.3 is 20.6 Å². The zero-order chi connectivity index (χ0) is 44.4. The second-order valence-electron chi connectivity index (χ2n) is 18.5. The number of hydrogen-bond acceptors (Lipinski definition) is 11. The highest BCUT2D eigenvalue weighted by molar-refractivity contribution is 7.85. The van der Waals surface area contributed by atoms with E-state index in [1.807, 2.05) is 45.0 Å². The summed E-state index contributed by atoms with van der Waals surface area (Å²) < 4.78 is 54.6. The van der Waals surface area contributed by atoms with Crippen molar-refractivity contribution in [2.45, 2.75) is 110 Å². The smallest absolute Gasteiger partial charge is 0.371 e. The monoisotopic (exact) mass is 889 g/mol. The number of carbonyl (C=O) groups excluding carboxylic acids is 4. The minimum absolute atomic E-state index is 0.00162. The zero-order valence-corrected chi connectivity index (χ0v) is 37.0. The Kier molecular flexibility index (Phi) is 11.6. The molecule has 4 N–H and O–H groups in total. The number of aryl methyl sites for hydroxylation is 2. The Bertz CT molecular complexity index is 2520. The lowest BCUT2D eigenvalue weighted by molar-refractivity contribution is -0.169. The van der Waals surface area contributed by atoms with Gasteiger partial charge in [-0.3, -0.25) is 34.0 Å². The maximum absolute atomic E-state index is 13.6. The van der Waals surface area contributed by atoms with E-state index in [0.717, 1.165) is 73.6 Å². The maximum Gasteiger partial charge on any atom is 0.380 e. The summed E-state index contributed by atoms with van der Waals surface area (Å²) in [5, 5.41) is 9.98. The number of rotatable bonds is 8. The molecule has 4 aliphatic carbocycles. The van der Waals surface area contributed by atoms with Gasteiger partial charge in [0, 0.05) is 31.8 Å². The number of amides is 4. The molecule has 4 fully saturated rings. The molecule has 0 spiro atoms. The number of benzene rings is 2. The van der Waals surface area contributed by atoms with Gasteiger partial charge in [-0.2, -0.15) is 27.1 Å². The first-order valence-electron chi connectivity index (χ1n) is 21.6. The van der Waals surface area contributed by atoms with Crippen molar-refractivity contribution in [3.8, 4) is 11.5 Å². The third kappa shape index (κ3) is 8.28. The van der Waals surface area contributed by atoms with E-state index in [0.29, 0.717) is 25.8 Å². The Morgan fingerprint density at radius 2 is 1.19 bits per heavy atom. The van der Waals surface area contributed by atoms with Gasteiger partial charge in [0.2, 0.25) is 23.6 Å². The van der Waals surface area contributed by atoms with E-state index in [9.17, 15) is 36.0 Å². The molecule has 17 heteroatoms. The van der Waals surface area contributed by atoms with Crippen LogP contribution in [-0.2, 0) is 59.2 Å². The van der Waals surface area contributed by atoms with Crippen LogP contribution in [0.3, 0.4) is 0 Å². The van der Waals surface area contributed by atoms with Gasteiger partial charge in [0.1, 0.15) is 11.5 Å². The fourth-order valence-electron chi connectivity index (χ4n) is 12.1. The summed E-state index contributed by atoms with van der Waals surface area (Å²) in [6.45, 7) is 6.82. The van der Waals surface area contributed by atoms with Crippen LogP contribution in [0.1, 0.15) is 118 Å². The lowest BCUT2D eigenvalue weighted by atomic mass is 9.52. The molecule has 6 unspecified atom stereocenters. The second kappa shape index (κ2) is 16.4. The van der Waals surface area contributed by atoms with Crippen molar-refractivity contribution in [3.63, 3.8) is 0 Å². The summed E-state index contributed by atoms with van der Waals surface area (Å²) >= 11 is 0. The number of pyridine rings is 1. The lowest BCUT2D eigenvalue weighted by Gasteiger charge is -2.54. The average molecular weight is 890 g/mol. The molecule has 2 aromatic carbocycles. The molecule has 3 aromatic rings. The van der Waals surface area contributed by atoms with Crippen molar-refractivity contribution in [2.75, 3.05) is 6.54 Å². The summed E-state index contributed by atoms with van der Waals surface area (Å²) in [6.07, 6.45) is 11.4.